The maximum atomic E-state index is 6.35. The van der Waals surface area contributed by atoms with Gasteiger partial charge in [-0.25, -0.2) is 5.01 Å². The van der Waals surface area contributed by atoms with Crippen LogP contribution in [0.4, 0.5) is 0 Å². The molecule has 0 saturated heterocycles. The van der Waals surface area contributed by atoms with Gasteiger partial charge in [0.2, 0.25) is 6.23 Å². The number of hydrazone groups is 1. The Labute approximate surface area is 174 Å². The Hall–Kier alpha value is -2.49. The van der Waals surface area contributed by atoms with Crippen molar-refractivity contribution in [1.29, 1.82) is 0 Å². The van der Waals surface area contributed by atoms with Crippen LogP contribution in [0, 0.1) is 6.92 Å². The molecule has 0 spiro atoms. The van der Waals surface area contributed by atoms with E-state index in [4.69, 9.17) is 33.0 Å². The van der Waals surface area contributed by atoms with Crippen molar-refractivity contribution in [3.05, 3.63) is 99.0 Å². The third-order valence-electron chi connectivity index (χ3n) is 5.29. The molecule has 3 nitrogen and oxygen atoms in total. The van der Waals surface area contributed by atoms with E-state index in [0.29, 0.717) is 10.0 Å². The molecule has 0 radical (unpaired) electrons. The topological polar surface area (TPSA) is 24.8 Å². The van der Waals surface area contributed by atoms with Crippen molar-refractivity contribution in [1.82, 2.24) is 5.01 Å². The molecule has 3 aromatic rings. The van der Waals surface area contributed by atoms with E-state index in [2.05, 4.69) is 36.2 Å². The number of nitrogens with zero attached hydrogens (tertiary/aromatic N) is 2. The van der Waals surface area contributed by atoms with Crippen molar-refractivity contribution in [2.45, 2.75) is 25.6 Å². The molecule has 3 aromatic carbocycles. The second-order valence-corrected chi connectivity index (χ2v) is 8.09. The molecule has 0 fully saturated rings. The van der Waals surface area contributed by atoms with Crippen molar-refractivity contribution in [2.24, 2.45) is 5.10 Å². The molecule has 0 aliphatic carbocycles. The predicted octanol–water partition coefficient (Wildman–Crippen LogP) is 6.54. The molecule has 140 valence electrons. The van der Waals surface area contributed by atoms with Crippen LogP contribution < -0.4 is 4.74 Å². The van der Waals surface area contributed by atoms with Crippen LogP contribution >= 0.6 is 23.2 Å². The zero-order valence-electron chi connectivity index (χ0n) is 15.3. The molecule has 28 heavy (non-hydrogen) atoms. The van der Waals surface area contributed by atoms with Gasteiger partial charge in [-0.15, -0.1) is 0 Å². The van der Waals surface area contributed by atoms with Gasteiger partial charge in [-0.05, 0) is 42.8 Å². The number of fused-ring (bicyclic) bond motifs is 3. The lowest BCUT2D eigenvalue weighted by atomic mass is 9.95. The van der Waals surface area contributed by atoms with Gasteiger partial charge in [0.15, 0.2) is 0 Å². The minimum Gasteiger partial charge on any atom is -0.464 e. The van der Waals surface area contributed by atoms with E-state index in [1.54, 1.807) is 0 Å². The highest BCUT2D eigenvalue weighted by Crippen LogP contribution is 2.48. The van der Waals surface area contributed by atoms with Gasteiger partial charge < -0.3 is 4.74 Å². The number of hydrogen-bond acceptors (Lipinski definition) is 3. The summed E-state index contributed by atoms with van der Waals surface area (Å²) in [4.78, 5) is 0. The molecule has 2 heterocycles. The van der Waals surface area contributed by atoms with Gasteiger partial charge in [-0.3, -0.25) is 0 Å². The maximum Gasteiger partial charge on any atom is 0.213 e. The molecular weight excluding hydrogens is 391 g/mol. The Morgan fingerprint density at radius 1 is 0.929 bits per heavy atom. The summed E-state index contributed by atoms with van der Waals surface area (Å²) in [5.41, 5.74) is 5.52. The first kappa shape index (κ1) is 17.6. The van der Waals surface area contributed by atoms with Gasteiger partial charge >= 0.3 is 0 Å². The summed E-state index contributed by atoms with van der Waals surface area (Å²) in [7, 11) is 0. The van der Waals surface area contributed by atoms with Crippen LogP contribution in [-0.2, 0) is 0 Å². The summed E-state index contributed by atoms with van der Waals surface area (Å²) in [5.74, 6) is 0.853. The summed E-state index contributed by atoms with van der Waals surface area (Å²) in [5, 5.41) is 8.43. The van der Waals surface area contributed by atoms with Crippen LogP contribution in [0.5, 0.6) is 5.75 Å². The lowest BCUT2D eigenvalue weighted by Crippen LogP contribution is -2.33. The molecule has 2 unspecified atom stereocenters. The van der Waals surface area contributed by atoms with E-state index in [9.17, 15) is 0 Å². The van der Waals surface area contributed by atoms with Crippen molar-refractivity contribution in [3.63, 3.8) is 0 Å². The monoisotopic (exact) mass is 408 g/mol. The first-order valence-electron chi connectivity index (χ1n) is 9.23. The molecule has 5 heteroatoms. The first-order chi connectivity index (χ1) is 13.6. The molecule has 0 bridgehead atoms. The normalized spacial score (nSPS) is 20.2. The van der Waals surface area contributed by atoms with Crippen LogP contribution in [0.2, 0.25) is 10.0 Å². The van der Waals surface area contributed by atoms with E-state index in [1.807, 2.05) is 42.5 Å². The molecule has 0 amide bonds. The third kappa shape index (κ3) is 3.05. The largest absolute Gasteiger partial charge is 0.464 e. The second kappa shape index (κ2) is 6.84. The standard InChI is InChI=1S/C23H18Cl2N2O/c1-14-2-4-15(5-3-14)20-13-21-19-12-18(25)10-11-22(19)28-23(27(21)26-20)16-6-8-17(24)9-7-16/h2-12,21,23H,13H2,1H3. The summed E-state index contributed by atoms with van der Waals surface area (Å²) in [6.07, 6.45) is 0.503. The predicted molar refractivity (Wildman–Crippen MR) is 113 cm³/mol. The van der Waals surface area contributed by atoms with Crippen molar-refractivity contribution in [3.8, 4) is 5.75 Å². The van der Waals surface area contributed by atoms with Gasteiger partial charge in [0, 0.05) is 27.6 Å². The summed E-state index contributed by atoms with van der Waals surface area (Å²) >= 11 is 12.4. The lowest BCUT2D eigenvalue weighted by molar-refractivity contribution is -0.0190. The fourth-order valence-electron chi connectivity index (χ4n) is 3.83. The Kier molecular flexibility index (Phi) is 4.30. The second-order valence-electron chi connectivity index (χ2n) is 7.22. The van der Waals surface area contributed by atoms with Gasteiger partial charge in [0.05, 0.1) is 11.8 Å². The van der Waals surface area contributed by atoms with E-state index in [1.165, 1.54) is 5.56 Å². The van der Waals surface area contributed by atoms with E-state index in [0.717, 1.165) is 34.6 Å². The van der Waals surface area contributed by atoms with Crippen molar-refractivity contribution in [2.75, 3.05) is 0 Å². The van der Waals surface area contributed by atoms with Gasteiger partial charge in [-0.2, -0.15) is 5.10 Å². The van der Waals surface area contributed by atoms with Crippen molar-refractivity contribution >= 4 is 28.9 Å². The Morgan fingerprint density at radius 2 is 1.64 bits per heavy atom. The van der Waals surface area contributed by atoms with Crippen LogP contribution in [0.25, 0.3) is 0 Å². The minimum atomic E-state index is -0.307. The van der Waals surface area contributed by atoms with E-state index < -0.39 is 0 Å². The highest BCUT2D eigenvalue weighted by Gasteiger charge is 2.41. The Bertz CT molecular complexity index is 1060. The number of hydrogen-bond donors (Lipinski definition) is 0. The molecule has 5 rings (SSSR count). The zero-order valence-corrected chi connectivity index (χ0v) is 16.8. The molecule has 2 aliphatic heterocycles. The van der Waals surface area contributed by atoms with Gasteiger partial charge in [0.25, 0.3) is 0 Å². The molecule has 0 aromatic heterocycles. The highest BCUT2D eigenvalue weighted by atomic mass is 35.5. The molecular formula is C23H18Cl2N2O. The van der Waals surface area contributed by atoms with Crippen LogP contribution in [0.1, 0.15) is 40.9 Å². The summed E-state index contributed by atoms with van der Waals surface area (Å²) in [6.45, 7) is 2.09. The highest BCUT2D eigenvalue weighted by molar-refractivity contribution is 6.30. The average molecular weight is 409 g/mol. The number of halogens is 2. The number of benzene rings is 3. The van der Waals surface area contributed by atoms with Crippen molar-refractivity contribution < 1.29 is 4.74 Å². The van der Waals surface area contributed by atoms with E-state index in [-0.39, 0.29) is 12.3 Å². The Morgan fingerprint density at radius 3 is 2.39 bits per heavy atom. The van der Waals surface area contributed by atoms with Crippen LogP contribution in [0.3, 0.4) is 0 Å². The summed E-state index contributed by atoms with van der Waals surface area (Å²) in [6, 6.07) is 22.1. The third-order valence-corrected chi connectivity index (χ3v) is 5.78. The number of rotatable bonds is 2. The first-order valence-corrected chi connectivity index (χ1v) is 9.98. The Balaban J connectivity index is 1.59. The SMILES string of the molecule is Cc1ccc(C2=NN3C(C2)c2cc(Cl)ccc2OC3c2ccc(Cl)cc2)cc1. The fraction of sp³-hybridized carbons (Fsp3) is 0.174. The maximum absolute atomic E-state index is 6.35. The van der Waals surface area contributed by atoms with Crippen LogP contribution in [-0.4, -0.2) is 10.7 Å². The zero-order chi connectivity index (χ0) is 19.3. The average Bonchev–Trinajstić information content (AvgIpc) is 3.14. The molecule has 0 N–H and O–H groups in total. The van der Waals surface area contributed by atoms with Gasteiger partial charge in [-0.1, -0.05) is 65.2 Å². The summed E-state index contributed by atoms with van der Waals surface area (Å²) < 4.78 is 6.35. The fourth-order valence-corrected chi connectivity index (χ4v) is 4.13. The number of aryl methyl sites for hydroxylation is 1. The van der Waals surface area contributed by atoms with E-state index >= 15 is 0 Å². The quantitative estimate of drug-likeness (QED) is 0.480. The van der Waals surface area contributed by atoms with Gasteiger partial charge in [0.1, 0.15) is 5.75 Å². The molecule has 2 aliphatic rings. The smallest absolute Gasteiger partial charge is 0.213 e. The minimum absolute atomic E-state index is 0.0828. The molecule has 0 saturated carbocycles. The van der Waals surface area contributed by atoms with Crippen LogP contribution in [0.15, 0.2) is 71.8 Å². The lowest BCUT2D eigenvalue weighted by Gasteiger charge is -2.38. The number of ether oxygens (including phenoxy) is 1. The molecule has 2 atom stereocenters.